The first kappa shape index (κ1) is 27.3. The summed E-state index contributed by atoms with van der Waals surface area (Å²) in [6.45, 7) is 7.76. The summed E-state index contributed by atoms with van der Waals surface area (Å²) in [5, 5.41) is 3.50. The molecule has 1 saturated carbocycles. The van der Waals surface area contributed by atoms with E-state index >= 15 is 0 Å². The lowest BCUT2D eigenvalue weighted by molar-refractivity contribution is -0.164. The molecular formula is C32H45N3O3. The smallest absolute Gasteiger partial charge is 0.257 e. The van der Waals surface area contributed by atoms with Gasteiger partial charge in [-0.2, -0.15) is 0 Å². The second kappa shape index (κ2) is 13.7. The van der Waals surface area contributed by atoms with Crippen LogP contribution in [-0.4, -0.2) is 74.3 Å². The number of morpholine rings is 1. The van der Waals surface area contributed by atoms with E-state index in [0.717, 1.165) is 96.6 Å². The van der Waals surface area contributed by atoms with E-state index in [0.29, 0.717) is 6.61 Å². The Morgan fingerprint density at radius 1 is 0.842 bits per heavy atom. The standard InChI is InChI=1S/C32H45N3O3/c36-31(33-30-16-18-35(19-17-30)26-27-10-4-1-5-11-27)32(28-12-6-2-7-13-28,29-14-8-3-9-15-29)38-25-22-34-20-23-37-24-21-34/h1-2,4-7,10-13,29-30H,3,8-9,14-26H2,(H,33,36). The van der Waals surface area contributed by atoms with Crippen molar-refractivity contribution in [2.24, 2.45) is 5.92 Å². The van der Waals surface area contributed by atoms with E-state index in [1.807, 2.05) is 18.2 Å². The molecule has 1 atom stereocenters. The Labute approximate surface area is 228 Å². The Balaban J connectivity index is 1.29. The molecule has 2 aromatic carbocycles. The van der Waals surface area contributed by atoms with Gasteiger partial charge in [-0.25, -0.2) is 0 Å². The number of nitrogens with one attached hydrogen (secondary N) is 1. The number of amides is 1. The van der Waals surface area contributed by atoms with Gasteiger partial charge in [-0.3, -0.25) is 14.6 Å². The lowest BCUT2D eigenvalue weighted by Crippen LogP contribution is -2.56. The van der Waals surface area contributed by atoms with Gasteiger partial charge in [0.05, 0.1) is 19.8 Å². The summed E-state index contributed by atoms with van der Waals surface area (Å²) in [5.41, 5.74) is 1.42. The quantitative estimate of drug-likeness (QED) is 0.498. The predicted molar refractivity (Wildman–Crippen MR) is 151 cm³/mol. The van der Waals surface area contributed by atoms with E-state index in [1.54, 1.807) is 0 Å². The van der Waals surface area contributed by atoms with Crippen molar-refractivity contribution >= 4 is 5.91 Å². The van der Waals surface area contributed by atoms with E-state index < -0.39 is 5.60 Å². The molecule has 0 aromatic heterocycles. The highest BCUT2D eigenvalue weighted by Gasteiger charge is 2.49. The van der Waals surface area contributed by atoms with Crippen LogP contribution in [0.3, 0.4) is 0 Å². The van der Waals surface area contributed by atoms with Gasteiger partial charge in [-0.1, -0.05) is 79.9 Å². The molecule has 2 aromatic rings. The maximum Gasteiger partial charge on any atom is 0.257 e. The fourth-order valence-electron chi connectivity index (χ4n) is 6.54. The molecule has 1 amide bonds. The van der Waals surface area contributed by atoms with Gasteiger partial charge in [-0.05, 0) is 36.8 Å². The lowest BCUT2D eigenvalue weighted by atomic mass is 9.72. The first-order chi connectivity index (χ1) is 18.7. The van der Waals surface area contributed by atoms with Gasteiger partial charge in [0.15, 0.2) is 5.60 Å². The summed E-state index contributed by atoms with van der Waals surface area (Å²) in [4.78, 5) is 19.3. The number of hydrogen-bond donors (Lipinski definition) is 1. The highest BCUT2D eigenvalue weighted by atomic mass is 16.5. The zero-order chi connectivity index (χ0) is 26.0. The normalized spacial score (nSPS) is 22.1. The molecule has 1 aliphatic carbocycles. The molecule has 1 unspecified atom stereocenters. The Morgan fingerprint density at radius 2 is 1.50 bits per heavy atom. The molecule has 6 nitrogen and oxygen atoms in total. The third kappa shape index (κ3) is 6.84. The average Bonchev–Trinajstić information content (AvgIpc) is 2.98. The molecule has 2 aliphatic heterocycles. The minimum absolute atomic E-state index is 0.0686. The van der Waals surface area contributed by atoms with Crippen molar-refractivity contribution in [3.8, 4) is 0 Å². The average molecular weight is 520 g/mol. The Hall–Kier alpha value is -2.25. The van der Waals surface area contributed by atoms with Crippen molar-refractivity contribution in [1.29, 1.82) is 0 Å². The van der Waals surface area contributed by atoms with Crippen LogP contribution in [0, 0.1) is 5.92 Å². The van der Waals surface area contributed by atoms with Crippen LogP contribution in [0.5, 0.6) is 0 Å². The summed E-state index contributed by atoms with van der Waals surface area (Å²) in [7, 11) is 0. The van der Waals surface area contributed by atoms with Gasteiger partial charge in [0, 0.05) is 51.2 Å². The van der Waals surface area contributed by atoms with Crippen molar-refractivity contribution in [3.63, 3.8) is 0 Å². The minimum Gasteiger partial charge on any atom is -0.379 e. The minimum atomic E-state index is -0.935. The maximum atomic E-state index is 14.4. The van der Waals surface area contributed by atoms with Gasteiger partial charge >= 0.3 is 0 Å². The molecule has 38 heavy (non-hydrogen) atoms. The SMILES string of the molecule is O=C(NC1CCN(Cc2ccccc2)CC1)C(OCCN1CCOCC1)(c1ccccc1)C1CCCCC1. The third-order valence-corrected chi connectivity index (χ3v) is 8.73. The van der Waals surface area contributed by atoms with Crippen LogP contribution in [0.4, 0.5) is 0 Å². The first-order valence-corrected chi connectivity index (χ1v) is 14.8. The number of carbonyl (C=O) groups excluding carboxylic acids is 1. The summed E-state index contributed by atoms with van der Waals surface area (Å²) < 4.78 is 12.4. The van der Waals surface area contributed by atoms with Gasteiger partial charge < -0.3 is 14.8 Å². The van der Waals surface area contributed by atoms with E-state index in [1.165, 1.54) is 12.0 Å². The van der Waals surface area contributed by atoms with E-state index in [9.17, 15) is 4.79 Å². The lowest BCUT2D eigenvalue weighted by Gasteiger charge is -2.43. The van der Waals surface area contributed by atoms with E-state index in [-0.39, 0.29) is 17.9 Å². The van der Waals surface area contributed by atoms with Crippen molar-refractivity contribution in [2.75, 3.05) is 52.5 Å². The van der Waals surface area contributed by atoms with Gasteiger partial charge in [0.25, 0.3) is 5.91 Å². The van der Waals surface area contributed by atoms with Crippen LogP contribution < -0.4 is 5.32 Å². The van der Waals surface area contributed by atoms with Crippen molar-refractivity contribution < 1.29 is 14.3 Å². The topological polar surface area (TPSA) is 54.0 Å². The van der Waals surface area contributed by atoms with Crippen LogP contribution in [0.1, 0.15) is 56.1 Å². The van der Waals surface area contributed by atoms with Crippen LogP contribution in [0.25, 0.3) is 0 Å². The summed E-state index contributed by atoms with van der Waals surface area (Å²) >= 11 is 0. The van der Waals surface area contributed by atoms with Gasteiger partial charge in [0.1, 0.15) is 0 Å². The van der Waals surface area contributed by atoms with Crippen LogP contribution in [0.2, 0.25) is 0 Å². The van der Waals surface area contributed by atoms with Crippen molar-refractivity contribution in [2.45, 2.75) is 63.1 Å². The molecular weight excluding hydrogens is 474 g/mol. The number of carbonyl (C=O) groups is 1. The fraction of sp³-hybridized carbons (Fsp3) is 0.594. The van der Waals surface area contributed by atoms with E-state index in [2.05, 4.69) is 57.6 Å². The zero-order valence-electron chi connectivity index (χ0n) is 22.9. The predicted octanol–water partition coefficient (Wildman–Crippen LogP) is 4.59. The Kier molecular flexibility index (Phi) is 9.85. The second-order valence-corrected chi connectivity index (χ2v) is 11.2. The van der Waals surface area contributed by atoms with Crippen LogP contribution >= 0.6 is 0 Å². The molecule has 2 saturated heterocycles. The number of rotatable bonds is 10. The third-order valence-electron chi connectivity index (χ3n) is 8.73. The molecule has 6 heteroatoms. The molecule has 0 radical (unpaired) electrons. The van der Waals surface area contributed by atoms with E-state index in [4.69, 9.17) is 9.47 Å². The fourth-order valence-corrected chi connectivity index (χ4v) is 6.54. The number of piperidine rings is 1. The number of ether oxygens (including phenoxy) is 2. The number of likely N-dealkylation sites (tertiary alicyclic amines) is 1. The van der Waals surface area contributed by atoms with Gasteiger partial charge in [-0.15, -0.1) is 0 Å². The summed E-state index contributed by atoms with van der Waals surface area (Å²) in [6, 6.07) is 21.2. The van der Waals surface area contributed by atoms with Crippen molar-refractivity contribution in [3.05, 3.63) is 71.8 Å². The molecule has 2 heterocycles. The molecule has 5 rings (SSSR count). The maximum absolute atomic E-state index is 14.4. The molecule has 0 bridgehead atoms. The highest BCUT2D eigenvalue weighted by molar-refractivity contribution is 5.87. The van der Waals surface area contributed by atoms with Crippen LogP contribution in [-0.2, 0) is 26.4 Å². The summed E-state index contributed by atoms with van der Waals surface area (Å²) in [6.07, 6.45) is 7.60. The first-order valence-electron chi connectivity index (χ1n) is 14.8. The van der Waals surface area contributed by atoms with Crippen LogP contribution in [0.15, 0.2) is 60.7 Å². The monoisotopic (exact) mass is 519 g/mol. The number of benzene rings is 2. The molecule has 3 fully saturated rings. The highest BCUT2D eigenvalue weighted by Crippen LogP contribution is 2.43. The second-order valence-electron chi connectivity index (χ2n) is 11.2. The summed E-state index contributed by atoms with van der Waals surface area (Å²) in [5.74, 6) is 0.264. The molecule has 3 aliphatic rings. The Morgan fingerprint density at radius 3 is 2.18 bits per heavy atom. The molecule has 0 spiro atoms. The largest absolute Gasteiger partial charge is 0.379 e. The number of nitrogens with zero attached hydrogens (tertiary/aromatic N) is 2. The zero-order valence-corrected chi connectivity index (χ0v) is 22.9. The number of hydrogen-bond acceptors (Lipinski definition) is 5. The Bertz CT molecular complexity index is 968. The van der Waals surface area contributed by atoms with Gasteiger partial charge in [0.2, 0.25) is 0 Å². The molecule has 1 N–H and O–H groups in total. The van der Waals surface area contributed by atoms with Crippen molar-refractivity contribution in [1.82, 2.24) is 15.1 Å². The molecule has 206 valence electrons.